The largest absolute Gasteiger partial charge is 0.488 e. The second-order valence-electron chi connectivity index (χ2n) is 3.58. The highest BCUT2D eigenvalue weighted by Crippen LogP contribution is 2.37. The highest BCUT2D eigenvalue weighted by Gasteiger charge is 2.16. The number of benzene rings is 1. The van der Waals surface area contributed by atoms with E-state index in [-0.39, 0.29) is 7.43 Å². The van der Waals surface area contributed by atoms with Crippen molar-refractivity contribution in [3.63, 3.8) is 0 Å². The fraction of sp³-hybridized carbons (Fsp3) is 0.353. The molecular weight excluding hydrogens is 248 g/mol. The van der Waals surface area contributed by atoms with E-state index in [0.717, 1.165) is 22.6 Å². The van der Waals surface area contributed by atoms with Gasteiger partial charge in [-0.2, -0.15) is 0 Å². The first kappa shape index (κ1) is 18.0. The van der Waals surface area contributed by atoms with Gasteiger partial charge in [-0.05, 0) is 23.8 Å². The normalized spacial score (nSPS) is 10.0. The van der Waals surface area contributed by atoms with E-state index in [1.807, 2.05) is 58.2 Å². The molecule has 0 radical (unpaired) electrons. The first-order valence-corrected chi connectivity index (χ1v) is 6.80. The predicted octanol–water partition coefficient (Wildman–Crippen LogP) is 4.91. The molecule has 0 bridgehead atoms. The summed E-state index contributed by atoms with van der Waals surface area (Å²) in [6.07, 6.45) is 3.64. The zero-order valence-corrected chi connectivity index (χ0v) is 12.1. The molecule has 110 valence electrons. The van der Waals surface area contributed by atoms with Gasteiger partial charge in [-0.3, -0.25) is 4.98 Å². The van der Waals surface area contributed by atoms with E-state index in [4.69, 9.17) is 10.5 Å². The topological polar surface area (TPSA) is 48.1 Å². The molecule has 1 aliphatic rings. The van der Waals surface area contributed by atoms with Crippen LogP contribution < -0.4 is 10.5 Å². The third-order valence-electron chi connectivity index (χ3n) is 2.58. The fourth-order valence-electron chi connectivity index (χ4n) is 1.84. The second-order valence-corrected chi connectivity index (χ2v) is 3.58. The minimum atomic E-state index is 0. The van der Waals surface area contributed by atoms with Crippen molar-refractivity contribution >= 4 is 5.69 Å². The Morgan fingerprint density at radius 1 is 1.05 bits per heavy atom. The Labute approximate surface area is 122 Å². The van der Waals surface area contributed by atoms with E-state index < -0.39 is 0 Å². The lowest BCUT2D eigenvalue weighted by Gasteiger charge is -2.20. The predicted molar refractivity (Wildman–Crippen MR) is 87.8 cm³/mol. The third kappa shape index (κ3) is 3.73. The fourth-order valence-corrected chi connectivity index (χ4v) is 1.84. The molecule has 20 heavy (non-hydrogen) atoms. The average molecular weight is 274 g/mol. The first-order valence-electron chi connectivity index (χ1n) is 6.80. The summed E-state index contributed by atoms with van der Waals surface area (Å²) >= 11 is 0. The lowest BCUT2D eigenvalue weighted by Crippen LogP contribution is -2.06. The Bertz CT molecular complexity index is 524. The summed E-state index contributed by atoms with van der Waals surface area (Å²) in [5, 5.41) is 0. The lowest BCUT2D eigenvalue weighted by molar-refractivity contribution is 0.302. The monoisotopic (exact) mass is 274 g/mol. The SMILES string of the molecule is C.CC.CC.Nc1ccc2c(c1)OCc1cnccc1-2. The van der Waals surface area contributed by atoms with Crippen LogP contribution in [-0.2, 0) is 6.61 Å². The van der Waals surface area contributed by atoms with E-state index in [2.05, 4.69) is 4.98 Å². The molecule has 0 spiro atoms. The molecule has 0 unspecified atom stereocenters. The summed E-state index contributed by atoms with van der Waals surface area (Å²) < 4.78 is 5.61. The summed E-state index contributed by atoms with van der Waals surface area (Å²) in [6, 6.07) is 7.74. The van der Waals surface area contributed by atoms with Gasteiger partial charge in [-0.1, -0.05) is 35.1 Å². The van der Waals surface area contributed by atoms with Crippen LogP contribution in [0.2, 0.25) is 0 Å². The third-order valence-corrected chi connectivity index (χ3v) is 2.58. The number of hydrogen-bond acceptors (Lipinski definition) is 3. The van der Waals surface area contributed by atoms with Crippen LogP contribution in [-0.4, -0.2) is 4.98 Å². The van der Waals surface area contributed by atoms with Crippen molar-refractivity contribution in [2.45, 2.75) is 41.7 Å². The van der Waals surface area contributed by atoms with Crippen LogP contribution >= 0.6 is 0 Å². The van der Waals surface area contributed by atoms with Gasteiger partial charge in [-0.25, -0.2) is 0 Å². The number of pyridine rings is 1. The Morgan fingerprint density at radius 2 is 1.75 bits per heavy atom. The van der Waals surface area contributed by atoms with E-state index in [0.29, 0.717) is 6.61 Å². The number of rotatable bonds is 0. The number of nitrogens with two attached hydrogens (primary N) is 1. The van der Waals surface area contributed by atoms with E-state index >= 15 is 0 Å². The summed E-state index contributed by atoms with van der Waals surface area (Å²) in [5.41, 5.74) is 9.83. The number of fused-ring (bicyclic) bond motifs is 3. The molecule has 1 aromatic heterocycles. The Balaban J connectivity index is 0.000000667. The van der Waals surface area contributed by atoms with Gasteiger partial charge in [0.1, 0.15) is 12.4 Å². The second kappa shape index (κ2) is 8.97. The summed E-state index contributed by atoms with van der Waals surface area (Å²) in [6.45, 7) is 8.57. The average Bonchev–Trinajstić information content (AvgIpc) is 2.51. The number of aromatic nitrogens is 1. The Morgan fingerprint density at radius 3 is 2.45 bits per heavy atom. The number of anilines is 1. The van der Waals surface area contributed by atoms with Gasteiger partial charge in [0, 0.05) is 35.3 Å². The molecule has 0 fully saturated rings. The van der Waals surface area contributed by atoms with Crippen LogP contribution in [0.15, 0.2) is 36.7 Å². The summed E-state index contributed by atoms with van der Waals surface area (Å²) in [7, 11) is 0. The van der Waals surface area contributed by atoms with E-state index in [1.54, 1.807) is 6.20 Å². The van der Waals surface area contributed by atoms with Crippen molar-refractivity contribution < 1.29 is 4.74 Å². The number of nitrogens with zero attached hydrogens (tertiary/aromatic N) is 1. The van der Waals surface area contributed by atoms with Crippen molar-refractivity contribution in [1.82, 2.24) is 4.98 Å². The number of ether oxygens (including phenoxy) is 1. The molecule has 3 rings (SSSR count). The highest BCUT2D eigenvalue weighted by molar-refractivity contribution is 5.76. The Hall–Kier alpha value is -2.03. The number of nitrogen functional groups attached to an aromatic ring is 1. The van der Waals surface area contributed by atoms with Crippen molar-refractivity contribution in [2.75, 3.05) is 5.73 Å². The van der Waals surface area contributed by atoms with Crippen molar-refractivity contribution in [3.8, 4) is 16.9 Å². The molecule has 3 heteroatoms. The van der Waals surface area contributed by atoms with Crippen molar-refractivity contribution in [1.29, 1.82) is 0 Å². The van der Waals surface area contributed by atoms with Crippen LogP contribution in [0.1, 0.15) is 40.7 Å². The standard InChI is InChI=1S/C12H10N2O.2C2H6.CH4/c13-9-1-2-11-10-3-4-14-6-8(10)7-15-12(11)5-9;2*1-2;/h1-6H,7,13H2;2*1-2H3;1H4. The molecule has 0 saturated carbocycles. The minimum absolute atomic E-state index is 0. The van der Waals surface area contributed by atoms with Gasteiger partial charge in [0.15, 0.2) is 0 Å². The molecular formula is C17H26N2O. The molecule has 2 heterocycles. The van der Waals surface area contributed by atoms with Crippen LogP contribution in [0, 0.1) is 0 Å². The van der Waals surface area contributed by atoms with Gasteiger partial charge in [0.25, 0.3) is 0 Å². The zero-order chi connectivity index (χ0) is 14.3. The maximum Gasteiger partial charge on any atom is 0.129 e. The lowest BCUT2D eigenvalue weighted by atomic mass is 9.99. The number of hydrogen-bond donors (Lipinski definition) is 1. The molecule has 2 aromatic rings. The molecule has 0 atom stereocenters. The minimum Gasteiger partial charge on any atom is -0.488 e. The maximum absolute atomic E-state index is 5.71. The molecule has 0 amide bonds. The summed E-state index contributed by atoms with van der Waals surface area (Å²) in [4.78, 5) is 4.08. The van der Waals surface area contributed by atoms with Crippen LogP contribution in [0.5, 0.6) is 5.75 Å². The van der Waals surface area contributed by atoms with Crippen LogP contribution in [0.4, 0.5) is 5.69 Å². The molecule has 1 aliphatic heterocycles. The molecule has 0 aliphatic carbocycles. The highest BCUT2D eigenvalue weighted by atomic mass is 16.5. The van der Waals surface area contributed by atoms with E-state index in [1.165, 1.54) is 5.56 Å². The molecule has 0 saturated heterocycles. The quantitative estimate of drug-likeness (QED) is 0.694. The molecule has 1 aromatic carbocycles. The van der Waals surface area contributed by atoms with Gasteiger partial charge < -0.3 is 10.5 Å². The summed E-state index contributed by atoms with van der Waals surface area (Å²) in [5.74, 6) is 0.855. The van der Waals surface area contributed by atoms with Gasteiger partial charge in [-0.15, -0.1) is 0 Å². The van der Waals surface area contributed by atoms with Gasteiger partial charge in [0.2, 0.25) is 0 Å². The molecule has 3 nitrogen and oxygen atoms in total. The zero-order valence-electron chi connectivity index (χ0n) is 12.1. The van der Waals surface area contributed by atoms with Crippen LogP contribution in [0.3, 0.4) is 0 Å². The van der Waals surface area contributed by atoms with Crippen LogP contribution in [0.25, 0.3) is 11.1 Å². The van der Waals surface area contributed by atoms with Gasteiger partial charge >= 0.3 is 0 Å². The molecule has 2 N–H and O–H groups in total. The first-order chi connectivity index (χ1) is 9.34. The van der Waals surface area contributed by atoms with Crippen molar-refractivity contribution in [2.24, 2.45) is 0 Å². The van der Waals surface area contributed by atoms with E-state index in [9.17, 15) is 0 Å². The maximum atomic E-state index is 5.71. The van der Waals surface area contributed by atoms with Crippen molar-refractivity contribution in [3.05, 3.63) is 42.2 Å². The Kier molecular flexibility index (Phi) is 8.06. The smallest absolute Gasteiger partial charge is 0.129 e. The van der Waals surface area contributed by atoms with Gasteiger partial charge in [0.05, 0.1) is 0 Å².